The molecule has 0 aliphatic carbocycles. The lowest BCUT2D eigenvalue weighted by Crippen LogP contribution is -2.50. The summed E-state index contributed by atoms with van der Waals surface area (Å²) in [5, 5.41) is 8.64. The monoisotopic (exact) mass is 429 g/mol. The molecule has 2 aromatic rings. The molecule has 0 bridgehead atoms. The zero-order valence-corrected chi connectivity index (χ0v) is 16.6. The lowest BCUT2D eigenvalue weighted by Gasteiger charge is -2.37. The van der Waals surface area contributed by atoms with Gasteiger partial charge in [-0.05, 0) is 24.6 Å². The van der Waals surface area contributed by atoms with Gasteiger partial charge in [-0.1, -0.05) is 28.4 Å². The molecule has 2 aliphatic heterocycles. The Morgan fingerprint density at radius 2 is 2.00 bits per heavy atom. The molecule has 2 aliphatic rings. The second-order valence-corrected chi connectivity index (χ2v) is 9.41. The van der Waals surface area contributed by atoms with Gasteiger partial charge in [-0.3, -0.25) is 4.79 Å². The number of likely N-dealkylation sites (tertiary alicyclic amines) is 1. The van der Waals surface area contributed by atoms with Crippen LogP contribution in [0, 0.1) is 0 Å². The average molecular weight is 430 g/mol. The predicted molar refractivity (Wildman–Crippen MR) is 98.9 cm³/mol. The normalized spacial score (nSPS) is 18.9. The zero-order valence-electron chi connectivity index (χ0n) is 14.3. The standard InChI is InChI=1S/C16H17Cl2N5O3S/c17-11-3-4-14(18)15(6-11)27(25,26)22-9-13(10-22)23-8-12(19-20-23)7-21-5-1-2-16(21)24/h3-4,6,8,13H,1-2,5,7,9-10H2. The van der Waals surface area contributed by atoms with Gasteiger partial charge in [0.1, 0.15) is 10.6 Å². The van der Waals surface area contributed by atoms with Crippen molar-refractivity contribution in [2.45, 2.75) is 30.3 Å². The molecule has 0 spiro atoms. The number of nitrogens with zero attached hydrogens (tertiary/aromatic N) is 5. The number of carbonyl (C=O) groups excluding carboxylic acids is 1. The molecule has 1 aromatic heterocycles. The molecule has 1 amide bonds. The first kappa shape index (κ1) is 18.7. The van der Waals surface area contributed by atoms with Gasteiger partial charge in [-0.25, -0.2) is 13.1 Å². The van der Waals surface area contributed by atoms with E-state index in [9.17, 15) is 13.2 Å². The van der Waals surface area contributed by atoms with Crippen LogP contribution in [0.5, 0.6) is 0 Å². The fraction of sp³-hybridized carbons (Fsp3) is 0.438. The summed E-state index contributed by atoms with van der Waals surface area (Å²) in [6.45, 7) is 1.72. The minimum absolute atomic E-state index is 0.00180. The van der Waals surface area contributed by atoms with Crippen molar-refractivity contribution in [2.75, 3.05) is 19.6 Å². The maximum Gasteiger partial charge on any atom is 0.244 e. The molecule has 0 atom stereocenters. The molecule has 0 N–H and O–H groups in total. The van der Waals surface area contributed by atoms with Crippen LogP contribution in [0.2, 0.25) is 10.0 Å². The van der Waals surface area contributed by atoms with Crippen LogP contribution in [0.25, 0.3) is 0 Å². The Morgan fingerprint density at radius 1 is 1.22 bits per heavy atom. The van der Waals surface area contributed by atoms with Gasteiger partial charge in [0.05, 0.1) is 23.8 Å². The Morgan fingerprint density at radius 3 is 2.70 bits per heavy atom. The summed E-state index contributed by atoms with van der Waals surface area (Å²) in [6.07, 6.45) is 3.22. The highest BCUT2D eigenvalue weighted by atomic mass is 35.5. The van der Waals surface area contributed by atoms with Crippen LogP contribution >= 0.6 is 23.2 Å². The number of halogens is 2. The van der Waals surface area contributed by atoms with E-state index in [2.05, 4.69) is 10.3 Å². The molecule has 0 radical (unpaired) electrons. The van der Waals surface area contributed by atoms with Crippen LogP contribution in [-0.2, 0) is 21.4 Å². The van der Waals surface area contributed by atoms with E-state index in [-0.39, 0.29) is 35.0 Å². The van der Waals surface area contributed by atoms with E-state index in [4.69, 9.17) is 23.2 Å². The van der Waals surface area contributed by atoms with Crippen LogP contribution in [-0.4, -0.2) is 58.2 Å². The first-order valence-electron chi connectivity index (χ1n) is 8.48. The van der Waals surface area contributed by atoms with E-state index in [1.54, 1.807) is 21.8 Å². The minimum atomic E-state index is -3.71. The number of rotatable bonds is 5. The van der Waals surface area contributed by atoms with Gasteiger partial charge in [0, 0.05) is 31.1 Å². The number of sulfonamides is 1. The van der Waals surface area contributed by atoms with Crippen LogP contribution in [0.3, 0.4) is 0 Å². The average Bonchev–Trinajstić information content (AvgIpc) is 3.18. The summed E-state index contributed by atoms with van der Waals surface area (Å²) in [7, 11) is -3.71. The van der Waals surface area contributed by atoms with E-state index in [0.717, 1.165) is 13.0 Å². The number of carbonyl (C=O) groups is 1. The third kappa shape index (κ3) is 3.56. The van der Waals surface area contributed by atoms with Gasteiger partial charge >= 0.3 is 0 Å². The van der Waals surface area contributed by atoms with Crippen molar-refractivity contribution in [3.05, 3.63) is 40.1 Å². The summed E-state index contributed by atoms with van der Waals surface area (Å²) >= 11 is 11.9. The van der Waals surface area contributed by atoms with Crippen molar-refractivity contribution in [3.63, 3.8) is 0 Å². The van der Waals surface area contributed by atoms with Gasteiger partial charge in [-0.15, -0.1) is 5.10 Å². The fourth-order valence-corrected chi connectivity index (χ4v) is 5.48. The zero-order chi connectivity index (χ0) is 19.2. The molecule has 4 rings (SSSR count). The largest absolute Gasteiger partial charge is 0.337 e. The highest BCUT2D eigenvalue weighted by Gasteiger charge is 2.39. The predicted octanol–water partition coefficient (Wildman–Crippen LogP) is 1.95. The third-order valence-corrected chi connectivity index (χ3v) is 7.34. The molecule has 144 valence electrons. The molecule has 2 saturated heterocycles. The number of aromatic nitrogens is 3. The van der Waals surface area contributed by atoms with E-state index < -0.39 is 10.0 Å². The van der Waals surface area contributed by atoms with Gasteiger partial charge in [0.25, 0.3) is 0 Å². The van der Waals surface area contributed by atoms with Crippen molar-refractivity contribution in [1.29, 1.82) is 0 Å². The lowest BCUT2D eigenvalue weighted by atomic mass is 10.2. The molecule has 27 heavy (non-hydrogen) atoms. The number of amides is 1. The molecule has 1 aromatic carbocycles. The second kappa shape index (κ2) is 7.05. The third-order valence-electron chi connectivity index (χ3n) is 4.80. The van der Waals surface area contributed by atoms with Crippen LogP contribution in [0.4, 0.5) is 0 Å². The number of hydrogen-bond acceptors (Lipinski definition) is 5. The quantitative estimate of drug-likeness (QED) is 0.724. The summed E-state index contributed by atoms with van der Waals surface area (Å²) in [6, 6.07) is 4.27. The highest BCUT2D eigenvalue weighted by molar-refractivity contribution is 7.89. The Hall–Kier alpha value is -1.68. The van der Waals surface area contributed by atoms with Crippen LogP contribution in [0.15, 0.2) is 29.3 Å². The van der Waals surface area contributed by atoms with Crippen molar-refractivity contribution in [3.8, 4) is 0 Å². The number of hydrogen-bond donors (Lipinski definition) is 0. The van der Waals surface area contributed by atoms with Crippen LogP contribution in [0.1, 0.15) is 24.6 Å². The van der Waals surface area contributed by atoms with E-state index in [1.807, 2.05) is 0 Å². The molecule has 8 nitrogen and oxygen atoms in total. The van der Waals surface area contributed by atoms with Gasteiger partial charge in [0.15, 0.2) is 0 Å². The molecule has 0 saturated carbocycles. The van der Waals surface area contributed by atoms with Gasteiger partial charge in [-0.2, -0.15) is 4.31 Å². The van der Waals surface area contributed by atoms with Crippen molar-refractivity contribution in [2.24, 2.45) is 0 Å². The van der Waals surface area contributed by atoms with Gasteiger partial charge in [0.2, 0.25) is 15.9 Å². The highest BCUT2D eigenvalue weighted by Crippen LogP contribution is 2.32. The molecular weight excluding hydrogens is 413 g/mol. The summed E-state index contributed by atoms with van der Waals surface area (Å²) < 4.78 is 28.4. The fourth-order valence-electron chi connectivity index (χ4n) is 3.23. The van der Waals surface area contributed by atoms with E-state index in [1.165, 1.54) is 16.4 Å². The summed E-state index contributed by atoms with van der Waals surface area (Å²) in [5.41, 5.74) is 0.699. The molecular formula is C16H17Cl2N5O3S. The molecule has 11 heteroatoms. The van der Waals surface area contributed by atoms with Crippen molar-refractivity contribution in [1.82, 2.24) is 24.2 Å². The maximum atomic E-state index is 12.7. The molecule has 2 fully saturated rings. The van der Waals surface area contributed by atoms with Gasteiger partial charge < -0.3 is 4.90 Å². The van der Waals surface area contributed by atoms with Crippen LogP contribution < -0.4 is 0 Å². The summed E-state index contributed by atoms with van der Waals surface area (Å²) in [4.78, 5) is 13.5. The van der Waals surface area contributed by atoms with E-state index in [0.29, 0.717) is 23.7 Å². The topological polar surface area (TPSA) is 88.4 Å². The first-order chi connectivity index (χ1) is 12.8. The maximum absolute atomic E-state index is 12.7. The Bertz CT molecular complexity index is 988. The Kier molecular flexibility index (Phi) is 4.87. The molecule has 3 heterocycles. The molecule has 0 unspecified atom stereocenters. The van der Waals surface area contributed by atoms with Crippen molar-refractivity contribution < 1.29 is 13.2 Å². The summed E-state index contributed by atoms with van der Waals surface area (Å²) in [5.74, 6) is 0.129. The van der Waals surface area contributed by atoms with E-state index >= 15 is 0 Å². The SMILES string of the molecule is O=C1CCCN1Cc1cn(C2CN(S(=O)(=O)c3cc(Cl)ccc3Cl)C2)nn1. The second-order valence-electron chi connectivity index (χ2n) is 6.66. The lowest BCUT2D eigenvalue weighted by molar-refractivity contribution is -0.128. The number of benzene rings is 1. The Balaban J connectivity index is 1.42. The van der Waals surface area contributed by atoms with Crippen molar-refractivity contribution >= 4 is 39.1 Å². The minimum Gasteiger partial charge on any atom is -0.337 e. The first-order valence-corrected chi connectivity index (χ1v) is 10.7. The Labute approximate surface area is 166 Å². The smallest absolute Gasteiger partial charge is 0.244 e.